The van der Waals surface area contributed by atoms with Crippen molar-refractivity contribution in [3.63, 3.8) is 0 Å². The van der Waals surface area contributed by atoms with Gasteiger partial charge in [0.2, 0.25) is 5.91 Å². The Morgan fingerprint density at radius 2 is 2.16 bits per heavy atom. The van der Waals surface area contributed by atoms with Crippen molar-refractivity contribution in [3.8, 4) is 0 Å². The number of hydrogen-bond donors (Lipinski definition) is 0. The highest BCUT2D eigenvalue weighted by molar-refractivity contribution is 7.22. The lowest BCUT2D eigenvalue weighted by Gasteiger charge is -2.22. The highest BCUT2D eigenvalue weighted by Gasteiger charge is 2.43. The number of para-hydroxylation sites is 1. The topological polar surface area (TPSA) is 51.0 Å². The van der Waals surface area contributed by atoms with Crippen LogP contribution in [0.4, 0.5) is 18.3 Å². The summed E-state index contributed by atoms with van der Waals surface area (Å²) in [4.78, 5) is 17.7. The Kier molecular flexibility index (Phi) is 4.70. The number of nitrogens with zero attached hydrogens (tertiary/aromatic N) is 4. The SMILES string of the molecule is CN(C(=O)CC(n1cccn1)C(F)(F)F)c1nc2c(Cl)cccc2s1. The van der Waals surface area contributed by atoms with E-state index in [0.717, 1.165) is 14.3 Å². The van der Waals surface area contributed by atoms with Gasteiger partial charge in [0.1, 0.15) is 5.52 Å². The second kappa shape index (κ2) is 6.64. The zero-order valence-electron chi connectivity index (χ0n) is 12.9. The molecule has 1 unspecified atom stereocenters. The van der Waals surface area contributed by atoms with Crippen LogP contribution in [0.1, 0.15) is 12.5 Å². The summed E-state index contributed by atoms with van der Waals surface area (Å²) in [6.45, 7) is 0. The summed E-state index contributed by atoms with van der Waals surface area (Å²) in [7, 11) is 1.39. The molecule has 1 aromatic carbocycles. The Morgan fingerprint density at radius 3 is 2.76 bits per heavy atom. The van der Waals surface area contributed by atoms with Gasteiger partial charge in [0.05, 0.1) is 16.1 Å². The largest absolute Gasteiger partial charge is 0.411 e. The number of benzene rings is 1. The van der Waals surface area contributed by atoms with Crippen molar-refractivity contribution in [1.29, 1.82) is 0 Å². The van der Waals surface area contributed by atoms with Gasteiger partial charge >= 0.3 is 6.18 Å². The van der Waals surface area contributed by atoms with E-state index in [4.69, 9.17) is 11.6 Å². The summed E-state index contributed by atoms with van der Waals surface area (Å²) < 4.78 is 41.3. The van der Waals surface area contributed by atoms with Crippen LogP contribution in [-0.4, -0.2) is 33.9 Å². The van der Waals surface area contributed by atoms with Gasteiger partial charge in [-0.3, -0.25) is 14.4 Å². The summed E-state index contributed by atoms with van der Waals surface area (Å²) in [5, 5.41) is 4.32. The van der Waals surface area contributed by atoms with Gasteiger partial charge in [-0.2, -0.15) is 18.3 Å². The molecule has 25 heavy (non-hydrogen) atoms. The molecule has 10 heteroatoms. The molecular weight excluding hydrogens is 377 g/mol. The third-order valence-electron chi connectivity index (χ3n) is 3.61. The number of fused-ring (bicyclic) bond motifs is 1. The summed E-state index contributed by atoms with van der Waals surface area (Å²) in [5.41, 5.74) is 0.517. The number of carbonyl (C=O) groups is 1. The zero-order valence-corrected chi connectivity index (χ0v) is 14.4. The van der Waals surface area contributed by atoms with E-state index in [2.05, 4.69) is 10.1 Å². The highest BCUT2D eigenvalue weighted by Crippen LogP contribution is 2.35. The molecule has 0 bridgehead atoms. The second-order valence-corrected chi connectivity index (χ2v) is 6.70. The van der Waals surface area contributed by atoms with Gasteiger partial charge in [-0.25, -0.2) is 4.98 Å². The van der Waals surface area contributed by atoms with E-state index in [1.54, 1.807) is 18.2 Å². The average molecular weight is 389 g/mol. The molecule has 0 aliphatic rings. The van der Waals surface area contributed by atoms with Crippen LogP contribution >= 0.6 is 22.9 Å². The molecule has 0 saturated carbocycles. The van der Waals surface area contributed by atoms with Crippen molar-refractivity contribution in [1.82, 2.24) is 14.8 Å². The van der Waals surface area contributed by atoms with Crippen LogP contribution in [0, 0.1) is 0 Å². The van der Waals surface area contributed by atoms with Crippen LogP contribution < -0.4 is 4.90 Å². The van der Waals surface area contributed by atoms with Gasteiger partial charge in [-0.05, 0) is 18.2 Å². The van der Waals surface area contributed by atoms with Crippen LogP contribution in [-0.2, 0) is 4.79 Å². The van der Waals surface area contributed by atoms with Crippen molar-refractivity contribution in [3.05, 3.63) is 41.7 Å². The first-order valence-electron chi connectivity index (χ1n) is 7.15. The number of alkyl halides is 3. The number of halogens is 4. The Labute approximate surface area is 149 Å². The van der Waals surface area contributed by atoms with Gasteiger partial charge in [0.15, 0.2) is 11.2 Å². The van der Waals surface area contributed by atoms with Crippen molar-refractivity contribution < 1.29 is 18.0 Å². The summed E-state index contributed by atoms with van der Waals surface area (Å²) in [5.74, 6) is -0.715. The van der Waals surface area contributed by atoms with Crippen molar-refractivity contribution in [2.24, 2.45) is 0 Å². The zero-order chi connectivity index (χ0) is 18.2. The lowest BCUT2D eigenvalue weighted by molar-refractivity contribution is -0.174. The summed E-state index contributed by atoms with van der Waals surface area (Å²) >= 11 is 7.23. The molecule has 3 rings (SSSR count). The first-order valence-corrected chi connectivity index (χ1v) is 8.34. The Hall–Kier alpha value is -2.13. The van der Waals surface area contributed by atoms with Crippen LogP contribution in [0.25, 0.3) is 10.2 Å². The van der Waals surface area contributed by atoms with Crippen molar-refractivity contribution >= 4 is 44.2 Å². The number of amides is 1. The minimum Gasteiger partial charge on any atom is -0.291 e. The number of anilines is 1. The number of aromatic nitrogens is 3. The standard InChI is InChI=1S/C15H12ClF3N4OS/c1-22(14-21-13-9(16)4-2-5-10(13)25-14)12(24)8-11(15(17,18)19)23-7-3-6-20-23/h2-7,11H,8H2,1H3. The van der Waals surface area contributed by atoms with Crippen molar-refractivity contribution in [2.75, 3.05) is 11.9 Å². The van der Waals surface area contributed by atoms with Gasteiger partial charge in [-0.15, -0.1) is 0 Å². The minimum absolute atomic E-state index is 0.287. The molecule has 0 aliphatic carbocycles. The average Bonchev–Trinajstić information content (AvgIpc) is 3.20. The lowest BCUT2D eigenvalue weighted by atomic mass is 10.2. The molecule has 0 radical (unpaired) electrons. The smallest absolute Gasteiger partial charge is 0.291 e. The predicted molar refractivity (Wildman–Crippen MR) is 90.0 cm³/mol. The van der Waals surface area contributed by atoms with E-state index in [0.29, 0.717) is 10.5 Å². The Bertz CT molecular complexity index is 894. The minimum atomic E-state index is -4.60. The molecule has 2 heterocycles. The Balaban J connectivity index is 1.84. The first-order chi connectivity index (χ1) is 11.8. The molecule has 0 saturated heterocycles. The molecule has 3 aromatic rings. The molecule has 1 amide bonds. The summed E-state index contributed by atoms with van der Waals surface area (Å²) in [6.07, 6.45) is -2.95. The fourth-order valence-corrected chi connectivity index (χ4v) is 3.52. The molecule has 0 N–H and O–H groups in total. The number of rotatable bonds is 4. The van der Waals surface area contributed by atoms with E-state index in [1.165, 1.54) is 36.8 Å². The van der Waals surface area contributed by atoms with Crippen LogP contribution in [0.5, 0.6) is 0 Å². The lowest BCUT2D eigenvalue weighted by Crippen LogP contribution is -2.35. The molecule has 5 nitrogen and oxygen atoms in total. The fraction of sp³-hybridized carbons (Fsp3) is 0.267. The number of carbonyl (C=O) groups excluding carboxylic acids is 1. The van der Waals surface area contributed by atoms with Crippen LogP contribution in [0.2, 0.25) is 5.02 Å². The normalized spacial score (nSPS) is 13.2. The van der Waals surface area contributed by atoms with E-state index < -0.39 is 24.5 Å². The number of hydrogen-bond acceptors (Lipinski definition) is 4. The molecule has 0 fully saturated rings. The molecule has 0 aliphatic heterocycles. The monoisotopic (exact) mass is 388 g/mol. The maximum atomic E-state index is 13.3. The molecule has 1 atom stereocenters. The summed E-state index contributed by atoms with van der Waals surface area (Å²) in [6, 6.07) is 4.53. The maximum absolute atomic E-state index is 13.3. The van der Waals surface area contributed by atoms with Gasteiger partial charge in [0.25, 0.3) is 0 Å². The van der Waals surface area contributed by atoms with E-state index in [1.807, 2.05) is 0 Å². The quantitative estimate of drug-likeness (QED) is 0.669. The molecule has 132 valence electrons. The van der Waals surface area contributed by atoms with E-state index >= 15 is 0 Å². The molecular formula is C15H12ClF3N4OS. The molecule has 0 spiro atoms. The van der Waals surface area contributed by atoms with Crippen LogP contribution in [0.3, 0.4) is 0 Å². The first kappa shape index (κ1) is 17.7. The van der Waals surface area contributed by atoms with Gasteiger partial charge in [0, 0.05) is 19.4 Å². The predicted octanol–water partition coefficient (Wildman–Crippen LogP) is 4.30. The van der Waals surface area contributed by atoms with E-state index in [9.17, 15) is 18.0 Å². The van der Waals surface area contributed by atoms with Crippen molar-refractivity contribution in [2.45, 2.75) is 18.6 Å². The number of thiazole rings is 1. The fourth-order valence-electron chi connectivity index (χ4n) is 2.28. The third-order valence-corrected chi connectivity index (χ3v) is 5.01. The maximum Gasteiger partial charge on any atom is 0.411 e. The van der Waals surface area contributed by atoms with Gasteiger partial charge in [-0.1, -0.05) is 29.0 Å². The third kappa shape index (κ3) is 3.62. The van der Waals surface area contributed by atoms with E-state index in [-0.39, 0.29) is 5.13 Å². The Morgan fingerprint density at radius 1 is 1.40 bits per heavy atom. The highest BCUT2D eigenvalue weighted by atomic mass is 35.5. The molecule has 2 aromatic heterocycles. The van der Waals surface area contributed by atoms with Crippen LogP contribution in [0.15, 0.2) is 36.7 Å². The van der Waals surface area contributed by atoms with Gasteiger partial charge < -0.3 is 0 Å². The second-order valence-electron chi connectivity index (χ2n) is 5.28.